The van der Waals surface area contributed by atoms with Crippen molar-refractivity contribution < 1.29 is 0 Å². The molecular formula is C20H25N5S. The molecule has 5 nitrogen and oxygen atoms in total. The van der Waals surface area contributed by atoms with E-state index in [1.807, 2.05) is 12.1 Å². The summed E-state index contributed by atoms with van der Waals surface area (Å²) in [7, 11) is 0. The lowest BCUT2D eigenvalue weighted by Gasteiger charge is -2.19. The molecule has 1 aliphatic rings. The highest BCUT2D eigenvalue weighted by Crippen LogP contribution is 2.24. The topological polar surface area (TPSA) is 64.8 Å². The third-order valence-electron chi connectivity index (χ3n) is 4.59. The van der Waals surface area contributed by atoms with Crippen LogP contribution >= 0.6 is 11.9 Å². The Balaban J connectivity index is 1.45. The van der Waals surface area contributed by atoms with E-state index in [1.54, 1.807) is 18.0 Å². The van der Waals surface area contributed by atoms with E-state index in [0.29, 0.717) is 11.7 Å². The summed E-state index contributed by atoms with van der Waals surface area (Å²) in [5, 5.41) is 16.9. The fourth-order valence-electron chi connectivity index (χ4n) is 2.96. The zero-order valence-corrected chi connectivity index (χ0v) is 16.4. The number of nitrogens with zero attached hydrogens (tertiary/aromatic N) is 4. The Bertz CT molecular complexity index is 759. The number of hydrogen-bond acceptors (Lipinski definition) is 6. The van der Waals surface area contributed by atoms with Gasteiger partial charge in [0.05, 0.1) is 0 Å². The van der Waals surface area contributed by atoms with Gasteiger partial charge in [0.15, 0.2) is 11.5 Å². The molecule has 136 valence electrons. The molecule has 6 heteroatoms. The van der Waals surface area contributed by atoms with Crippen LogP contribution in [0.1, 0.15) is 44.0 Å². The molecule has 0 spiro atoms. The molecule has 0 radical (unpaired) electrons. The molecule has 26 heavy (non-hydrogen) atoms. The Labute approximate surface area is 160 Å². The molecule has 2 heterocycles. The average Bonchev–Trinajstić information content (AvgIpc) is 3.10. The molecule has 0 aliphatic carbocycles. The summed E-state index contributed by atoms with van der Waals surface area (Å²) in [4.78, 5) is 2.21. The van der Waals surface area contributed by atoms with Gasteiger partial charge < -0.3 is 4.90 Å². The summed E-state index contributed by atoms with van der Waals surface area (Å²) in [5.41, 5.74) is 3.26. The minimum atomic E-state index is 0.200. The highest BCUT2D eigenvalue weighted by Gasteiger charge is 2.23. The lowest BCUT2D eigenvalue weighted by atomic mass is 9.87. The zero-order chi connectivity index (χ0) is 18.6. The van der Waals surface area contributed by atoms with Crippen LogP contribution in [0.5, 0.6) is 0 Å². The summed E-state index contributed by atoms with van der Waals surface area (Å²) in [6.45, 7) is 8.59. The van der Waals surface area contributed by atoms with Gasteiger partial charge in [-0.3, -0.25) is 4.72 Å². The van der Waals surface area contributed by atoms with Gasteiger partial charge in [-0.05, 0) is 35.1 Å². The lowest BCUT2D eigenvalue weighted by molar-refractivity contribution is 0.590. The Morgan fingerprint density at radius 1 is 1.19 bits per heavy atom. The second-order valence-electron chi connectivity index (χ2n) is 7.67. The molecule has 0 saturated carbocycles. The van der Waals surface area contributed by atoms with E-state index in [2.05, 4.69) is 64.9 Å². The predicted molar refractivity (Wildman–Crippen MR) is 107 cm³/mol. The Morgan fingerprint density at radius 3 is 2.58 bits per heavy atom. The highest BCUT2D eigenvalue weighted by molar-refractivity contribution is 7.96. The summed E-state index contributed by atoms with van der Waals surface area (Å²) in [6, 6.07) is 14.9. The van der Waals surface area contributed by atoms with E-state index in [9.17, 15) is 0 Å². The van der Waals surface area contributed by atoms with Crippen molar-refractivity contribution in [2.45, 2.75) is 44.4 Å². The van der Waals surface area contributed by atoms with E-state index in [1.165, 1.54) is 11.1 Å². The monoisotopic (exact) mass is 367 g/mol. The smallest absolute Gasteiger partial charge is 0.163 e. The molecule has 0 bridgehead atoms. The first-order valence-electron chi connectivity index (χ1n) is 8.91. The van der Waals surface area contributed by atoms with Gasteiger partial charge in [-0.1, -0.05) is 57.0 Å². The Morgan fingerprint density at radius 2 is 1.96 bits per heavy atom. The zero-order valence-electron chi connectivity index (χ0n) is 15.6. The highest BCUT2D eigenvalue weighted by atomic mass is 32.2. The summed E-state index contributed by atoms with van der Waals surface area (Å²) >= 11 is 1.76. The minimum Gasteiger partial charge on any atom is -0.353 e. The first-order chi connectivity index (χ1) is 12.5. The fourth-order valence-corrected chi connectivity index (χ4v) is 3.83. The maximum Gasteiger partial charge on any atom is 0.163 e. The number of hydrogen-bond donors (Lipinski definition) is 1. The van der Waals surface area contributed by atoms with Crippen LogP contribution in [0.3, 0.4) is 0 Å². The quantitative estimate of drug-likeness (QED) is 0.814. The average molecular weight is 368 g/mol. The molecule has 1 fully saturated rings. The van der Waals surface area contributed by atoms with E-state index < -0.39 is 0 Å². The summed E-state index contributed by atoms with van der Waals surface area (Å²) in [5.74, 6) is 1.80. The van der Waals surface area contributed by atoms with Crippen molar-refractivity contribution >= 4 is 17.8 Å². The van der Waals surface area contributed by atoms with Gasteiger partial charge in [0.2, 0.25) is 0 Å². The minimum absolute atomic E-state index is 0.200. The van der Waals surface area contributed by atoms with E-state index in [0.717, 1.165) is 31.1 Å². The number of nitrogens with one attached hydrogen (secondary N) is 1. The first kappa shape index (κ1) is 18.7. The third kappa shape index (κ3) is 4.75. The Hall–Kier alpha value is -2.10. The van der Waals surface area contributed by atoms with E-state index in [4.69, 9.17) is 5.26 Å². The summed E-state index contributed by atoms with van der Waals surface area (Å²) in [6.07, 6.45) is 1.08. The SMILES string of the molecule is CC(C)(C)c1ccc(CSNC2CCN(c3ccc(C#N)nn3)C2)cc1. The van der Waals surface area contributed by atoms with Crippen molar-refractivity contribution in [1.29, 1.82) is 5.26 Å². The van der Waals surface area contributed by atoms with Crippen molar-refractivity contribution in [3.05, 3.63) is 53.2 Å². The van der Waals surface area contributed by atoms with Crippen LogP contribution in [-0.4, -0.2) is 29.3 Å². The molecule has 1 atom stereocenters. The molecule has 2 aromatic rings. The van der Waals surface area contributed by atoms with Crippen LogP contribution in [0.25, 0.3) is 0 Å². The molecule has 1 N–H and O–H groups in total. The van der Waals surface area contributed by atoms with Crippen LogP contribution < -0.4 is 9.62 Å². The molecule has 1 saturated heterocycles. The van der Waals surface area contributed by atoms with Gasteiger partial charge in [0, 0.05) is 24.9 Å². The number of rotatable bonds is 5. The van der Waals surface area contributed by atoms with Gasteiger partial charge in [0.25, 0.3) is 0 Å². The summed E-state index contributed by atoms with van der Waals surface area (Å²) < 4.78 is 3.57. The number of anilines is 1. The van der Waals surface area contributed by atoms with Crippen molar-refractivity contribution in [3.8, 4) is 6.07 Å². The third-order valence-corrected chi connectivity index (χ3v) is 5.56. The van der Waals surface area contributed by atoms with Gasteiger partial charge in [-0.15, -0.1) is 10.2 Å². The van der Waals surface area contributed by atoms with Crippen molar-refractivity contribution in [2.75, 3.05) is 18.0 Å². The predicted octanol–water partition coefficient (Wildman–Crippen LogP) is 3.66. The normalized spacial score (nSPS) is 17.3. The molecule has 1 unspecified atom stereocenters. The maximum atomic E-state index is 8.80. The van der Waals surface area contributed by atoms with Crippen molar-refractivity contribution in [1.82, 2.24) is 14.9 Å². The Kier molecular flexibility index (Phi) is 5.80. The van der Waals surface area contributed by atoms with Crippen LogP contribution in [0, 0.1) is 11.3 Å². The van der Waals surface area contributed by atoms with Crippen LogP contribution in [-0.2, 0) is 11.2 Å². The van der Waals surface area contributed by atoms with Crippen molar-refractivity contribution in [3.63, 3.8) is 0 Å². The second-order valence-corrected chi connectivity index (χ2v) is 8.49. The molecule has 3 rings (SSSR count). The standard InChI is InChI=1S/C20H25N5S/c1-20(2,3)16-6-4-15(5-7-16)14-26-24-18-10-11-25(13-18)19-9-8-17(12-21)22-23-19/h4-9,18,24H,10-11,13-14H2,1-3H3. The lowest BCUT2D eigenvalue weighted by Crippen LogP contribution is -2.28. The number of nitriles is 1. The van der Waals surface area contributed by atoms with Gasteiger partial charge in [-0.25, -0.2) is 0 Å². The van der Waals surface area contributed by atoms with Gasteiger partial charge in [-0.2, -0.15) is 5.26 Å². The molecule has 1 aliphatic heterocycles. The largest absolute Gasteiger partial charge is 0.353 e. The molecule has 1 aromatic heterocycles. The van der Waals surface area contributed by atoms with Crippen molar-refractivity contribution in [2.24, 2.45) is 0 Å². The first-order valence-corrected chi connectivity index (χ1v) is 9.90. The van der Waals surface area contributed by atoms with E-state index in [-0.39, 0.29) is 5.41 Å². The molecular weight excluding hydrogens is 342 g/mol. The number of benzene rings is 1. The van der Waals surface area contributed by atoms with Crippen LogP contribution in [0.15, 0.2) is 36.4 Å². The second kappa shape index (κ2) is 8.07. The maximum absolute atomic E-state index is 8.80. The molecule has 0 amide bonds. The van der Waals surface area contributed by atoms with Crippen LogP contribution in [0.4, 0.5) is 5.82 Å². The van der Waals surface area contributed by atoms with Crippen LogP contribution in [0.2, 0.25) is 0 Å². The fraction of sp³-hybridized carbons (Fsp3) is 0.450. The number of aromatic nitrogens is 2. The molecule has 1 aromatic carbocycles. The van der Waals surface area contributed by atoms with E-state index >= 15 is 0 Å². The van der Waals surface area contributed by atoms with Gasteiger partial charge in [0.1, 0.15) is 6.07 Å². The van der Waals surface area contributed by atoms with Gasteiger partial charge >= 0.3 is 0 Å².